The molecule has 25 heavy (non-hydrogen) atoms. The van der Waals surface area contributed by atoms with E-state index < -0.39 is 0 Å². The molecule has 0 radical (unpaired) electrons. The Balaban J connectivity index is 1.58. The van der Waals surface area contributed by atoms with Crippen molar-refractivity contribution in [1.82, 2.24) is 24.5 Å². The molecule has 4 rings (SSSR count). The van der Waals surface area contributed by atoms with Gasteiger partial charge in [0.15, 0.2) is 5.82 Å². The number of hydrogen-bond acceptors (Lipinski definition) is 4. The van der Waals surface area contributed by atoms with E-state index in [9.17, 15) is 4.79 Å². The normalized spacial score (nSPS) is 13.6. The summed E-state index contributed by atoms with van der Waals surface area (Å²) in [5.41, 5.74) is 5.46. The number of nitrogens with zero attached hydrogens (tertiary/aromatic N) is 5. The van der Waals surface area contributed by atoms with E-state index in [1.165, 1.54) is 5.69 Å². The Morgan fingerprint density at radius 3 is 2.64 bits per heavy atom. The lowest BCUT2D eigenvalue weighted by atomic mass is 10.1. The van der Waals surface area contributed by atoms with E-state index in [0.717, 1.165) is 47.6 Å². The molecular formula is C18H20N6O. The van der Waals surface area contributed by atoms with Crippen molar-refractivity contribution in [2.45, 2.75) is 13.0 Å². The third-order valence-electron chi connectivity index (χ3n) is 4.61. The first kappa shape index (κ1) is 15.4. The molecule has 1 aliphatic heterocycles. The van der Waals surface area contributed by atoms with Gasteiger partial charge in [-0.25, -0.2) is 0 Å². The quantitative estimate of drug-likeness (QED) is 0.741. The van der Waals surface area contributed by atoms with Crippen LogP contribution >= 0.6 is 0 Å². The minimum atomic E-state index is 0.600. The lowest BCUT2D eigenvalue weighted by molar-refractivity contribution is -0.118. The summed E-state index contributed by atoms with van der Waals surface area (Å²) in [5, 5.41) is 12.2. The Bertz CT molecular complexity index is 908. The topological polar surface area (TPSA) is 68.0 Å². The van der Waals surface area contributed by atoms with Crippen LogP contribution in [0.1, 0.15) is 11.3 Å². The van der Waals surface area contributed by atoms with Gasteiger partial charge in [-0.3, -0.25) is 14.2 Å². The largest absolute Gasteiger partial charge is 0.340 e. The molecule has 0 saturated heterocycles. The van der Waals surface area contributed by atoms with Crippen molar-refractivity contribution in [3.05, 3.63) is 47.9 Å². The van der Waals surface area contributed by atoms with Gasteiger partial charge < -0.3 is 10.2 Å². The van der Waals surface area contributed by atoms with E-state index in [0.29, 0.717) is 6.54 Å². The summed E-state index contributed by atoms with van der Waals surface area (Å²) in [5.74, 6) is 0.818. The van der Waals surface area contributed by atoms with Crippen LogP contribution in [-0.4, -0.2) is 37.4 Å². The molecule has 1 aliphatic rings. The molecule has 1 aromatic carbocycles. The summed E-state index contributed by atoms with van der Waals surface area (Å²) < 4.78 is 3.70. The molecule has 0 unspecified atom stereocenters. The maximum Gasteiger partial charge on any atom is 0.210 e. The van der Waals surface area contributed by atoms with Gasteiger partial charge in [-0.2, -0.15) is 10.2 Å². The van der Waals surface area contributed by atoms with E-state index in [1.807, 2.05) is 43.3 Å². The number of amides is 1. The summed E-state index contributed by atoms with van der Waals surface area (Å²) in [6.07, 6.45) is 5.58. The van der Waals surface area contributed by atoms with E-state index >= 15 is 0 Å². The number of fused-ring (bicyclic) bond motifs is 1. The standard InChI is InChI=1S/C18H20N6O/c1-22-10-14(9-19-22)13-3-5-15(6-4-13)20-18-16-11-24(12-25)8-7-17(16)23(2)21-18/h3-6,9-10,12H,7-8,11H2,1-2H3,(H,20,21). The molecule has 2 aromatic heterocycles. The molecule has 3 aromatic rings. The van der Waals surface area contributed by atoms with Crippen molar-refractivity contribution in [3.63, 3.8) is 0 Å². The fourth-order valence-electron chi connectivity index (χ4n) is 3.26. The third kappa shape index (κ3) is 2.88. The predicted octanol–water partition coefficient (Wildman–Crippen LogP) is 2.08. The maximum absolute atomic E-state index is 11.1. The first-order valence-electron chi connectivity index (χ1n) is 8.24. The smallest absolute Gasteiger partial charge is 0.210 e. The van der Waals surface area contributed by atoms with Crippen LogP contribution in [0.4, 0.5) is 11.5 Å². The summed E-state index contributed by atoms with van der Waals surface area (Å²) in [7, 11) is 3.86. The number of anilines is 2. The van der Waals surface area contributed by atoms with Crippen LogP contribution in [0.5, 0.6) is 0 Å². The van der Waals surface area contributed by atoms with Crippen molar-refractivity contribution in [2.24, 2.45) is 14.1 Å². The molecule has 7 nitrogen and oxygen atoms in total. The van der Waals surface area contributed by atoms with Crippen molar-refractivity contribution in [1.29, 1.82) is 0 Å². The molecule has 3 heterocycles. The SMILES string of the molecule is Cn1cc(-c2ccc(Nc3nn(C)c4c3CN(C=O)CC4)cc2)cn1. The Hall–Kier alpha value is -3.09. The molecule has 0 bridgehead atoms. The number of nitrogens with one attached hydrogen (secondary N) is 1. The van der Waals surface area contributed by atoms with E-state index in [-0.39, 0.29) is 0 Å². The molecule has 7 heteroatoms. The monoisotopic (exact) mass is 336 g/mol. The number of rotatable bonds is 4. The average Bonchev–Trinajstić information content (AvgIpc) is 3.19. The van der Waals surface area contributed by atoms with E-state index in [1.54, 1.807) is 9.58 Å². The van der Waals surface area contributed by atoms with Gasteiger partial charge >= 0.3 is 0 Å². The average molecular weight is 336 g/mol. The Morgan fingerprint density at radius 2 is 1.96 bits per heavy atom. The lowest BCUT2D eigenvalue weighted by Crippen LogP contribution is -2.29. The number of aryl methyl sites for hydroxylation is 2. The number of benzene rings is 1. The van der Waals surface area contributed by atoms with Crippen LogP contribution in [-0.2, 0) is 31.9 Å². The number of hydrogen-bond donors (Lipinski definition) is 1. The Labute approximate surface area is 145 Å². The molecule has 0 spiro atoms. The van der Waals surface area contributed by atoms with Gasteiger partial charge in [0.05, 0.1) is 12.7 Å². The predicted molar refractivity (Wildman–Crippen MR) is 95.3 cm³/mol. The highest BCUT2D eigenvalue weighted by Crippen LogP contribution is 2.28. The van der Waals surface area contributed by atoms with E-state index in [2.05, 4.69) is 27.6 Å². The van der Waals surface area contributed by atoms with Crippen molar-refractivity contribution in [2.75, 3.05) is 11.9 Å². The van der Waals surface area contributed by atoms with Crippen LogP contribution in [0.3, 0.4) is 0 Å². The van der Waals surface area contributed by atoms with Crippen molar-refractivity contribution >= 4 is 17.9 Å². The number of aromatic nitrogens is 4. The lowest BCUT2D eigenvalue weighted by Gasteiger charge is -2.23. The summed E-state index contributed by atoms with van der Waals surface area (Å²) in [6, 6.07) is 8.19. The first-order chi connectivity index (χ1) is 12.1. The molecule has 0 atom stereocenters. The minimum absolute atomic E-state index is 0.600. The van der Waals surface area contributed by atoms with E-state index in [4.69, 9.17) is 0 Å². The zero-order valence-corrected chi connectivity index (χ0v) is 14.3. The summed E-state index contributed by atoms with van der Waals surface area (Å²) in [4.78, 5) is 12.9. The minimum Gasteiger partial charge on any atom is -0.340 e. The van der Waals surface area contributed by atoms with Gasteiger partial charge in [0, 0.05) is 55.8 Å². The zero-order chi connectivity index (χ0) is 17.4. The molecule has 1 N–H and O–H groups in total. The second-order valence-corrected chi connectivity index (χ2v) is 6.33. The molecule has 128 valence electrons. The fraction of sp³-hybridized carbons (Fsp3) is 0.278. The van der Waals surface area contributed by atoms with Crippen molar-refractivity contribution < 1.29 is 4.79 Å². The highest BCUT2D eigenvalue weighted by Gasteiger charge is 2.23. The Kier molecular flexibility index (Phi) is 3.76. The summed E-state index contributed by atoms with van der Waals surface area (Å²) in [6.45, 7) is 1.35. The van der Waals surface area contributed by atoms with Crippen LogP contribution in [0.25, 0.3) is 11.1 Å². The highest BCUT2D eigenvalue weighted by atomic mass is 16.1. The van der Waals surface area contributed by atoms with Gasteiger partial charge in [0.2, 0.25) is 6.41 Å². The first-order valence-corrected chi connectivity index (χ1v) is 8.24. The molecule has 0 saturated carbocycles. The van der Waals surface area contributed by atoms with Crippen LogP contribution in [0.2, 0.25) is 0 Å². The molecular weight excluding hydrogens is 316 g/mol. The Morgan fingerprint density at radius 1 is 1.16 bits per heavy atom. The number of carbonyl (C=O) groups excluding carboxylic acids is 1. The third-order valence-corrected chi connectivity index (χ3v) is 4.61. The van der Waals surface area contributed by atoms with Gasteiger partial charge in [-0.1, -0.05) is 12.1 Å². The second-order valence-electron chi connectivity index (χ2n) is 6.33. The molecule has 0 fully saturated rings. The second kappa shape index (κ2) is 6.08. The molecule has 1 amide bonds. The summed E-state index contributed by atoms with van der Waals surface area (Å²) >= 11 is 0. The van der Waals surface area contributed by atoms with Crippen LogP contribution in [0, 0.1) is 0 Å². The van der Waals surface area contributed by atoms with Gasteiger partial charge in [0.25, 0.3) is 0 Å². The van der Waals surface area contributed by atoms with Crippen LogP contribution < -0.4 is 5.32 Å². The highest BCUT2D eigenvalue weighted by molar-refractivity contribution is 5.68. The molecule has 0 aliphatic carbocycles. The van der Waals surface area contributed by atoms with Crippen LogP contribution in [0.15, 0.2) is 36.7 Å². The fourth-order valence-corrected chi connectivity index (χ4v) is 3.26. The van der Waals surface area contributed by atoms with Gasteiger partial charge in [0.1, 0.15) is 0 Å². The zero-order valence-electron chi connectivity index (χ0n) is 14.3. The van der Waals surface area contributed by atoms with Crippen molar-refractivity contribution in [3.8, 4) is 11.1 Å². The number of carbonyl (C=O) groups is 1. The van der Waals surface area contributed by atoms with Gasteiger partial charge in [-0.05, 0) is 17.7 Å². The maximum atomic E-state index is 11.1. The van der Waals surface area contributed by atoms with Gasteiger partial charge in [-0.15, -0.1) is 0 Å².